The van der Waals surface area contributed by atoms with Crippen molar-refractivity contribution in [3.63, 3.8) is 0 Å². The molecular formula is C18H37N3. The van der Waals surface area contributed by atoms with Crippen molar-refractivity contribution in [2.24, 2.45) is 5.41 Å². The number of hydrogen-bond acceptors (Lipinski definition) is 3. The van der Waals surface area contributed by atoms with Crippen LogP contribution in [0, 0.1) is 5.41 Å². The molecule has 2 fully saturated rings. The fourth-order valence-electron chi connectivity index (χ4n) is 3.76. The van der Waals surface area contributed by atoms with Crippen molar-refractivity contribution >= 4 is 0 Å². The normalized spacial score (nSPS) is 22.1. The maximum Gasteiger partial charge on any atom is 0.0117 e. The number of nitrogens with zero attached hydrogens (tertiary/aromatic N) is 2. The molecule has 2 aliphatic rings. The molecule has 0 aromatic heterocycles. The zero-order valence-electron chi connectivity index (χ0n) is 14.8. The van der Waals surface area contributed by atoms with Gasteiger partial charge in [-0.25, -0.2) is 0 Å². The van der Waals surface area contributed by atoms with E-state index in [4.69, 9.17) is 0 Å². The fourth-order valence-corrected chi connectivity index (χ4v) is 3.76. The molecule has 0 atom stereocenters. The summed E-state index contributed by atoms with van der Waals surface area (Å²) in [5, 5.41) is 3.79. The number of likely N-dealkylation sites (tertiary alicyclic amines) is 1. The molecule has 1 heterocycles. The molecule has 1 saturated heterocycles. The second-order valence-corrected chi connectivity index (χ2v) is 7.44. The lowest BCUT2D eigenvalue weighted by Crippen LogP contribution is -2.49. The minimum Gasteiger partial charge on any atom is -0.313 e. The molecule has 3 heteroatoms. The Morgan fingerprint density at radius 1 is 1.05 bits per heavy atom. The van der Waals surface area contributed by atoms with Gasteiger partial charge in [0.2, 0.25) is 0 Å². The van der Waals surface area contributed by atoms with Crippen molar-refractivity contribution in [1.29, 1.82) is 0 Å². The highest BCUT2D eigenvalue weighted by molar-refractivity contribution is 4.90. The van der Waals surface area contributed by atoms with E-state index in [0.717, 1.165) is 12.1 Å². The molecule has 0 bridgehead atoms. The van der Waals surface area contributed by atoms with Gasteiger partial charge >= 0.3 is 0 Å². The lowest BCUT2D eigenvalue weighted by atomic mass is 9.81. The second kappa shape index (κ2) is 7.94. The Kier molecular flexibility index (Phi) is 6.51. The van der Waals surface area contributed by atoms with E-state index in [-0.39, 0.29) is 0 Å². The highest BCUT2D eigenvalue weighted by Gasteiger charge is 2.33. The summed E-state index contributed by atoms with van der Waals surface area (Å²) in [5.74, 6) is 0. The Morgan fingerprint density at radius 3 is 2.14 bits per heavy atom. The third-order valence-electron chi connectivity index (χ3n) is 6.06. The first-order chi connectivity index (χ1) is 10.1. The van der Waals surface area contributed by atoms with Gasteiger partial charge in [-0.2, -0.15) is 0 Å². The number of piperidine rings is 1. The summed E-state index contributed by atoms with van der Waals surface area (Å²) in [6, 6.07) is 1.63. The molecule has 2 rings (SSSR count). The highest BCUT2D eigenvalue weighted by atomic mass is 15.2. The van der Waals surface area contributed by atoms with Crippen LogP contribution in [0.1, 0.15) is 59.3 Å². The smallest absolute Gasteiger partial charge is 0.0117 e. The maximum atomic E-state index is 3.79. The molecule has 0 amide bonds. The molecule has 21 heavy (non-hydrogen) atoms. The second-order valence-electron chi connectivity index (χ2n) is 7.44. The SMILES string of the molecule is CCN1CCC(N(C)CC(CC)(CC)CNC2CC2)CC1. The largest absolute Gasteiger partial charge is 0.313 e. The first-order valence-electron chi connectivity index (χ1n) is 9.28. The molecule has 0 aromatic carbocycles. The van der Waals surface area contributed by atoms with Gasteiger partial charge in [-0.05, 0) is 70.6 Å². The van der Waals surface area contributed by atoms with Gasteiger partial charge < -0.3 is 15.1 Å². The van der Waals surface area contributed by atoms with Crippen LogP contribution < -0.4 is 5.32 Å². The van der Waals surface area contributed by atoms with Gasteiger partial charge in [0.1, 0.15) is 0 Å². The van der Waals surface area contributed by atoms with Crippen molar-refractivity contribution < 1.29 is 0 Å². The minimum atomic E-state index is 0.471. The quantitative estimate of drug-likeness (QED) is 0.705. The lowest BCUT2D eigenvalue weighted by Gasteiger charge is -2.42. The van der Waals surface area contributed by atoms with Gasteiger partial charge in [0.25, 0.3) is 0 Å². The van der Waals surface area contributed by atoms with E-state index in [1.54, 1.807) is 0 Å². The van der Waals surface area contributed by atoms with Crippen molar-refractivity contribution in [3.8, 4) is 0 Å². The van der Waals surface area contributed by atoms with Crippen molar-refractivity contribution in [1.82, 2.24) is 15.1 Å². The first-order valence-corrected chi connectivity index (χ1v) is 9.28. The summed E-state index contributed by atoms with van der Waals surface area (Å²) >= 11 is 0. The number of rotatable bonds is 9. The van der Waals surface area contributed by atoms with Gasteiger partial charge in [0.15, 0.2) is 0 Å². The van der Waals surface area contributed by atoms with E-state index in [1.165, 1.54) is 71.2 Å². The highest BCUT2D eigenvalue weighted by Crippen LogP contribution is 2.30. The standard InChI is InChI=1S/C18H37N3/c1-5-18(6-2,14-19-16-8-9-16)15-20(4)17-10-12-21(7-3)13-11-17/h16-17,19H,5-15H2,1-4H3. The molecule has 3 nitrogen and oxygen atoms in total. The Balaban J connectivity index is 1.83. The van der Waals surface area contributed by atoms with Gasteiger partial charge in [-0.1, -0.05) is 20.8 Å². The van der Waals surface area contributed by atoms with Crippen molar-refractivity contribution in [3.05, 3.63) is 0 Å². The van der Waals surface area contributed by atoms with E-state index in [1.807, 2.05) is 0 Å². The molecule has 0 spiro atoms. The Labute approximate surface area is 132 Å². The van der Waals surface area contributed by atoms with E-state index >= 15 is 0 Å². The van der Waals surface area contributed by atoms with Crippen molar-refractivity contribution in [2.45, 2.75) is 71.4 Å². The summed E-state index contributed by atoms with van der Waals surface area (Å²) in [4.78, 5) is 5.26. The third kappa shape index (κ3) is 4.94. The van der Waals surface area contributed by atoms with Gasteiger partial charge in [0.05, 0.1) is 0 Å². The summed E-state index contributed by atoms with van der Waals surface area (Å²) in [7, 11) is 2.36. The lowest BCUT2D eigenvalue weighted by molar-refractivity contribution is 0.0806. The third-order valence-corrected chi connectivity index (χ3v) is 6.06. The van der Waals surface area contributed by atoms with Crippen LogP contribution in [0.4, 0.5) is 0 Å². The van der Waals surface area contributed by atoms with Crippen LogP contribution in [-0.4, -0.2) is 61.7 Å². The maximum absolute atomic E-state index is 3.79. The average Bonchev–Trinajstić information content (AvgIpc) is 3.36. The Morgan fingerprint density at radius 2 is 1.67 bits per heavy atom. The summed E-state index contributed by atoms with van der Waals surface area (Å²) in [6.07, 6.45) is 8.08. The van der Waals surface area contributed by atoms with E-state index in [9.17, 15) is 0 Å². The zero-order valence-corrected chi connectivity index (χ0v) is 14.8. The van der Waals surface area contributed by atoms with Crippen LogP contribution >= 0.6 is 0 Å². The van der Waals surface area contributed by atoms with Crippen LogP contribution in [0.15, 0.2) is 0 Å². The molecule has 1 aliphatic heterocycles. The molecule has 0 aromatic rings. The summed E-state index contributed by atoms with van der Waals surface area (Å²) < 4.78 is 0. The van der Waals surface area contributed by atoms with Crippen LogP contribution in [0.25, 0.3) is 0 Å². The van der Waals surface area contributed by atoms with Gasteiger partial charge in [0, 0.05) is 25.2 Å². The van der Waals surface area contributed by atoms with Gasteiger partial charge in [-0.15, -0.1) is 0 Å². The van der Waals surface area contributed by atoms with Crippen LogP contribution in [0.3, 0.4) is 0 Å². The Bertz CT molecular complexity index is 289. The molecule has 1 saturated carbocycles. The first kappa shape index (κ1) is 17.2. The molecule has 0 unspecified atom stereocenters. The monoisotopic (exact) mass is 295 g/mol. The van der Waals surface area contributed by atoms with Crippen LogP contribution in [0.5, 0.6) is 0 Å². The topological polar surface area (TPSA) is 18.5 Å². The predicted octanol–water partition coefficient (Wildman–Crippen LogP) is 2.96. The molecule has 1 aliphatic carbocycles. The van der Waals surface area contributed by atoms with Crippen LogP contribution in [0.2, 0.25) is 0 Å². The minimum absolute atomic E-state index is 0.471. The summed E-state index contributed by atoms with van der Waals surface area (Å²) in [5.41, 5.74) is 0.471. The predicted molar refractivity (Wildman–Crippen MR) is 91.8 cm³/mol. The Hall–Kier alpha value is -0.120. The van der Waals surface area contributed by atoms with Crippen LogP contribution in [-0.2, 0) is 0 Å². The zero-order chi connectivity index (χ0) is 15.3. The van der Waals surface area contributed by atoms with E-state index in [2.05, 4.69) is 42.9 Å². The molecule has 124 valence electrons. The van der Waals surface area contributed by atoms with E-state index in [0.29, 0.717) is 5.41 Å². The van der Waals surface area contributed by atoms with E-state index < -0.39 is 0 Å². The molecular weight excluding hydrogens is 258 g/mol. The summed E-state index contributed by atoms with van der Waals surface area (Å²) in [6.45, 7) is 13.3. The number of hydrogen-bond donors (Lipinski definition) is 1. The fraction of sp³-hybridized carbons (Fsp3) is 1.00. The molecule has 0 radical (unpaired) electrons. The van der Waals surface area contributed by atoms with Gasteiger partial charge in [-0.3, -0.25) is 0 Å². The number of nitrogens with one attached hydrogen (secondary N) is 1. The molecule has 1 N–H and O–H groups in total. The van der Waals surface area contributed by atoms with Crippen molar-refractivity contribution in [2.75, 3.05) is 39.8 Å². The average molecular weight is 296 g/mol.